The summed E-state index contributed by atoms with van der Waals surface area (Å²) in [5, 5.41) is 3.82. The first-order chi connectivity index (χ1) is 12.3. The number of piperidine rings is 1. The second-order valence-corrected chi connectivity index (χ2v) is 6.47. The summed E-state index contributed by atoms with van der Waals surface area (Å²) in [6.45, 7) is 1.14. The number of urea groups is 1. The zero-order valence-corrected chi connectivity index (χ0v) is 14.5. The van der Waals surface area contributed by atoms with E-state index in [1.54, 1.807) is 19.0 Å². The normalized spacial score (nSPS) is 16.0. The molecule has 0 atom stereocenters. The Kier molecular flexibility index (Phi) is 4.88. The van der Waals surface area contributed by atoms with E-state index < -0.39 is 11.7 Å². The molecule has 2 aromatic rings. The Hall–Kier alpha value is -2.58. The van der Waals surface area contributed by atoms with Gasteiger partial charge in [-0.1, -0.05) is 17.3 Å². The molecule has 6 nitrogen and oxygen atoms in total. The lowest BCUT2D eigenvalue weighted by atomic mass is 9.97. The van der Waals surface area contributed by atoms with Gasteiger partial charge in [-0.15, -0.1) is 0 Å². The molecule has 0 radical (unpaired) electrons. The molecular weight excluding hydrogens is 349 g/mol. The zero-order valence-electron chi connectivity index (χ0n) is 14.5. The third kappa shape index (κ3) is 3.81. The lowest BCUT2D eigenvalue weighted by molar-refractivity contribution is -0.137. The average Bonchev–Trinajstić information content (AvgIpc) is 3.10. The number of halogens is 3. The number of carbonyl (C=O) groups is 1. The lowest BCUT2D eigenvalue weighted by Crippen LogP contribution is -2.43. The summed E-state index contributed by atoms with van der Waals surface area (Å²) in [4.78, 5) is 19.5. The number of nitrogens with zero attached hydrogens (tertiary/aromatic N) is 4. The maximum Gasteiger partial charge on any atom is 0.416 e. The number of rotatable bonds is 2. The van der Waals surface area contributed by atoms with Crippen molar-refractivity contribution in [2.45, 2.75) is 24.9 Å². The van der Waals surface area contributed by atoms with Crippen LogP contribution in [0.25, 0.3) is 11.4 Å². The Bertz CT molecular complexity index is 780. The van der Waals surface area contributed by atoms with Crippen molar-refractivity contribution >= 4 is 6.03 Å². The van der Waals surface area contributed by atoms with Crippen molar-refractivity contribution in [3.05, 3.63) is 35.7 Å². The molecule has 0 aliphatic carbocycles. The van der Waals surface area contributed by atoms with Crippen LogP contribution in [-0.4, -0.2) is 53.2 Å². The molecule has 2 amide bonds. The number of amides is 2. The van der Waals surface area contributed by atoms with E-state index in [2.05, 4.69) is 10.1 Å². The minimum Gasteiger partial charge on any atom is -0.339 e. The van der Waals surface area contributed by atoms with E-state index in [0.717, 1.165) is 12.1 Å². The van der Waals surface area contributed by atoms with Crippen LogP contribution in [0.4, 0.5) is 18.0 Å². The summed E-state index contributed by atoms with van der Waals surface area (Å²) >= 11 is 0. The summed E-state index contributed by atoms with van der Waals surface area (Å²) in [5.41, 5.74) is -0.494. The first-order valence-electron chi connectivity index (χ1n) is 8.23. The van der Waals surface area contributed by atoms with Crippen molar-refractivity contribution in [2.75, 3.05) is 27.2 Å². The third-order valence-electron chi connectivity index (χ3n) is 4.39. The summed E-state index contributed by atoms with van der Waals surface area (Å²) in [5.74, 6) is 0.528. The van der Waals surface area contributed by atoms with Crippen molar-refractivity contribution in [3.8, 4) is 11.4 Å². The van der Waals surface area contributed by atoms with Crippen molar-refractivity contribution in [2.24, 2.45) is 0 Å². The molecule has 140 valence electrons. The molecule has 1 aromatic heterocycles. The smallest absolute Gasteiger partial charge is 0.339 e. The topological polar surface area (TPSA) is 62.5 Å². The largest absolute Gasteiger partial charge is 0.416 e. The minimum atomic E-state index is -4.42. The molecule has 0 bridgehead atoms. The first-order valence-corrected chi connectivity index (χ1v) is 8.23. The molecule has 26 heavy (non-hydrogen) atoms. The molecule has 0 N–H and O–H groups in total. The van der Waals surface area contributed by atoms with Gasteiger partial charge in [0.2, 0.25) is 11.7 Å². The van der Waals surface area contributed by atoms with Gasteiger partial charge in [0.1, 0.15) is 0 Å². The summed E-state index contributed by atoms with van der Waals surface area (Å²) in [7, 11) is 3.40. The predicted molar refractivity (Wildman–Crippen MR) is 87.4 cm³/mol. The molecule has 3 rings (SSSR count). The van der Waals surface area contributed by atoms with Crippen LogP contribution in [0.3, 0.4) is 0 Å². The molecule has 1 aromatic carbocycles. The highest BCUT2D eigenvalue weighted by atomic mass is 19.4. The van der Waals surface area contributed by atoms with Crippen molar-refractivity contribution in [3.63, 3.8) is 0 Å². The van der Waals surface area contributed by atoms with Gasteiger partial charge in [-0.25, -0.2) is 4.79 Å². The fourth-order valence-corrected chi connectivity index (χ4v) is 2.95. The average molecular weight is 368 g/mol. The van der Waals surface area contributed by atoms with E-state index in [4.69, 9.17) is 4.52 Å². The molecule has 2 heterocycles. The van der Waals surface area contributed by atoms with Crippen LogP contribution < -0.4 is 0 Å². The zero-order chi connectivity index (χ0) is 18.9. The van der Waals surface area contributed by atoms with Crippen molar-refractivity contribution in [1.82, 2.24) is 19.9 Å². The molecule has 1 aliphatic rings. The van der Waals surface area contributed by atoms with Crippen molar-refractivity contribution in [1.29, 1.82) is 0 Å². The second-order valence-electron chi connectivity index (χ2n) is 6.47. The Morgan fingerprint density at radius 3 is 2.58 bits per heavy atom. The number of hydrogen-bond donors (Lipinski definition) is 0. The number of benzene rings is 1. The number of hydrogen-bond acceptors (Lipinski definition) is 4. The Morgan fingerprint density at radius 1 is 1.27 bits per heavy atom. The Morgan fingerprint density at radius 2 is 1.96 bits per heavy atom. The van der Waals surface area contributed by atoms with Gasteiger partial charge in [0.15, 0.2) is 0 Å². The van der Waals surface area contributed by atoms with Crippen LogP contribution in [0, 0.1) is 0 Å². The summed E-state index contributed by atoms with van der Waals surface area (Å²) < 4.78 is 43.8. The van der Waals surface area contributed by atoms with E-state index in [0.29, 0.717) is 31.8 Å². The van der Waals surface area contributed by atoms with Gasteiger partial charge in [-0.05, 0) is 25.0 Å². The maximum absolute atomic E-state index is 12.8. The van der Waals surface area contributed by atoms with E-state index >= 15 is 0 Å². The highest BCUT2D eigenvalue weighted by molar-refractivity contribution is 5.73. The van der Waals surface area contributed by atoms with Gasteiger partial charge in [-0.2, -0.15) is 18.2 Å². The quantitative estimate of drug-likeness (QED) is 0.812. The Balaban J connectivity index is 1.71. The molecule has 9 heteroatoms. The highest BCUT2D eigenvalue weighted by Gasteiger charge is 2.31. The molecule has 0 spiro atoms. The standard InChI is InChI=1S/C17H19F3N4O2/c1-23(2)16(25)24-8-6-11(7-9-24)15-21-14(22-26-15)12-4-3-5-13(10-12)17(18,19)20/h3-5,10-11H,6-9H2,1-2H3. The van der Waals surface area contributed by atoms with Gasteiger partial charge in [0, 0.05) is 38.7 Å². The molecular formula is C17H19F3N4O2. The predicted octanol–water partition coefficient (Wildman–Crippen LogP) is 3.62. The Labute approximate surface area is 148 Å². The lowest BCUT2D eigenvalue weighted by Gasteiger charge is -2.32. The van der Waals surface area contributed by atoms with Crippen LogP contribution in [0.5, 0.6) is 0 Å². The van der Waals surface area contributed by atoms with Gasteiger partial charge in [0.05, 0.1) is 5.56 Å². The molecule has 0 unspecified atom stereocenters. The minimum absolute atomic E-state index is 0.00624. The van der Waals surface area contributed by atoms with Crippen LogP contribution in [0.2, 0.25) is 0 Å². The molecule has 1 aliphatic heterocycles. The molecule has 1 fully saturated rings. The van der Waals surface area contributed by atoms with E-state index in [9.17, 15) is 18.0 Å². The van der Waals surface area contributed by atoms with E-state index in [1.165, 1.54) is 17.0 Å². The number of aromatic nitrogens is 2. The number of alkyl halides is 3. The highest BCUT2D eigenvalue weighted by Crippen LogP contribution is 2.33. The van der Waals surface area contributed by atoms with Gasteiger partial charge in [-0.3, -0.25) is 0 Å². The first kappa shape index (κ1) is 18.2. The number of carbonyl (C=O) groups excluding carboxylic acids is 1. The second kappa shape index (κ2) is 6.97. The van der Waals surface area contributed by atoms with Crippen LogP contribution in [0.15, 0.2) is 28.8 Å². The van der Waals surface area contributed by atoms with Gasteiger partial charge >= 0.3 is 12.2 Å². The summed E-state index contributed by atoms with van der Waals surface area (Å²) in [6.07, 6.45) is -3.08. The van der Waals surface area contributed by atoms with Crippen LogP contribution in [-0.2, 0) is 6.18 Å². The van der Waals surface area contributed by atoms with Gasteiger partial charge in [0.25, 0.3) is 0 Å². The molecule has 1 saturated heterocycles. The summed E-state index contributed by atoms with van der Waals surface area (Å²) in [6, 6.07) is 4.80. The van der Waals surface area contributed by atoms with Crippen LogP contribution >= 0.6 is 0 Å². The van der Waals surface area contributed by atoms with Crippen LogP contribution in [0.1, 0.15) is 30.2 Å². The third-order valence-corrected chi connectivity index (χ3v) is 4.39. The molecule has 0 saturated carbocycles. The van der Waals surface area contributed by atoms with Crippen molar-refractivity contribution < 1.29 is 22.5 Å². The number of likely N-dealkylation sites (tertiary alicyclic amines) is 1. The fourth-order valence-electron chi connectivity index (χ4n) is 2.95. The van der Waals surface area contributed by atoms with E-state index in [-0.39, 0.29) is 23.3 Å². The monoisotopic (exact) mass is 368 g/mol. The fraction of sp³-hybridized carbons (Fsp3) is 0.471. The van der Waals surface area contributed by atoms with Gasteiger partial charge < -0.3 is 14.3 Å². The SMILES string of the molecule is CN(C)C(=O)N1CCC(c2nc(-c3cccc(C(F)(F)F)c3)no2)CC1. The van der Waals surface area contributed by atoms with E-state index in [1.807, 2.05) is 0 Å². The maximum atomic E-state index is 12.8.